The standard InChI is InChI=1S/C13H18N4/c1-8(2)9-3-4-12-10(5-9)6-11(7-14)13(16-12)17-15/h6,8-9H,3-5,15H2,1-2H3,(H,16,17). The number of hydrogen-bond donors (Lipinski definition) is 2. The molecule has 1 aliphatic rings. The number of pyridine rings is 1. The van der Waals surface area contributed by atoms with Crippen molar-refractivity contribution in [2.24, 2.45) is 17.7 Å². The predicted molar refractivity (Wildman–Crippen MR) is 67.1 cm³/mol. The Morgan fingerprint density at radius 1 is 1.59 bits per heavy atom. The van der Waals surface area contributed by atoms with Crippen LogP contribution in [-0.4, -0.2) is 4.98 Å². The number of hydrazine groups is 1. The van der Waals surface area contributed by atoms with E-state index in [0.29, 0.717) is 23.2 Å². The van der Waals surface area contributed by atoms with E-state index in [0.717, 1.165) is 18.5 Å². The van der Waals surface area contributed by atoms with E-state index in [2.05, 4.69) is 30.3 Å². The van der Waals surface area contributed by atoms with Crippen LogP contribution in [0, 0.1) is 23.2 Å². The van der Waals surface area contributed by atoms with Crippen LogP contribution >= 0.6 is 0 Å². The second-order valence-electron chi connectivity index (χ2n) is 4.99. The van der Waals surface area contributed by atoms with Crippen LogP contribution in [0.2, 0.25) is 0 Å². The van der Waals surface area contributed by atoms with Crippen molar-refractivity contribution in [1.29, 1.82) is 5.26 Å². The molecule has 0 radical (unpaired) electrons. The van der Waals surface area contributed by atoms with Crippen molar-refractivity contribution in [2.75, 3.05) is 5.43 Å². The number of aromatic nitrogens is 1. The van der Waals surface area contributed by atoms with Gasteiger partial charge in [0.05, 0.1) is 5.56 Å². The minimum atomic E-state index is 0.495. The summed E-state index contributed by atoms with van der Waals surface area (Å²) in [5.41, 5.74) is 5.34. The Bertz CT molecular complexity index is 459. The Morgan fingerprint density at radius 2 is 2.35 bits per heavy atom. The zero-order valence-electron chi connectivity index (χ0n) is 10.3. The lowest BCUT2D eigenvalue weighted by Crippen LogP contribution is -2.21. The van der Waals surface area contributed by atoms with Crippen LogP contribution in [0.5, 0.6) is 0 Å². The van der Waals surface area contributed by atoms with Crippen molar-refractivity contribution in [2.45, 2.75) is 33.1 Å². The third-order valence-electron chi connectivity index (χ3n) is 3.63. The molecule has 1 atom stereocenters. The Kier molecular flexibility index (Phi) is 3.30. The second-order valence-corrected chi connectivity index (χ2v) is 4.99. The van der Waals surface area contributed by atoms with Gasteiger partial charge in [-0.15, -0.1) is 0 Å². The topological polar surface area (TPSA) is 74.7 Å². The Morgan fingerprint density at radius 3 is 2.94 bits per heavy atom. The van der Waals surface area contributed by atoms with E-state index >= 15 is 0 Å². The van der Waals surface area contributed by atoms with E-state index in [4.69, 9.17) is 11.1 Å². The van der Waals surface area contributed by atoms with Gasteiger partial charge in [0.2, 0.25) is 0 Å². The molecule has 0 bridgehead atoms. The summed E-state index contributed by atoms with van der Waals surface area (Å²) >= 11 is 0. The average Bonchev–Trinajstić information content (AvgIpc) is 2.36. The van der Waals surface area contributed by atoms with Gasteiger partial charge in [0, 0.05) is 5.69 Å². The van der Waals surface area contributed by atoms with Crippen molar-refractivity contribution in [3.8, 4) is 6.07 Å². The Labute approximate surface area is 102 Å². The Balaban J connectivity index is 2.36. The maximum atomic E-state index is 9.04. The molecular formula is C13H18N4. The lowest BCUT2D eigenvalue weighted by Gasteiger charge is -2.27. The summed E-state index contributed by atoms with van der Waals surface area (Å²) in [7, 11) is 0. The fraction of sp³-hybridized carbons (Fsp3) is 0.538. The molecule has 1 aromatic heterocycles. The quantitative estimate of drug-likeness (QED) is 0.602. The fourth-order valence-electron chi connectivity index (χ4n) is 2.46. The smallest absolute Gasteiger partial charge is 0.158 e. The van der Waals surface area contributed by atoms with Crippen molar-refractivity contribution in [1.82, 2.24) is 4.98 Å². The maximum absolute atomic E-state index is 9.04. The number of hydrogen-bond acceptors (Lipinski definition) is 4. The summed E-state index contributed by atoms with van der Waals surface area (Å²) < 4.78 is 0. The van der Waals surface area contributed by atoms with Crippen LogP contribution in [0.15, 0.2) is 6.07 Å². The lowest BCUT2D eigenvalue weighted by molar-refractivity contribution is 0.340. The molecule has 2 rings (SSSR count). The first-order valence-corrected chi connectivity index (χ1v) is 6.05. The molecule has 1 aliphatic carbocycles. The van der Waals surface area contributed by atoms with Crippen LogP contribution in [0.4, 0.5) is 5.82 Å². The summed E-state index contributed by atoms with van der Waals surface area (Å²) in [6.07, 6.45) is 3.19. The van der Waals surface area contributed by atoms with Crippen molar-refractivity contribution < 1.29 is 0 Å². The van der Waals surface area contributed by atoms with E-state index in [1.165, 1.54) is 12.0 Å². The highest BCUT2D eigenvalue weighted by atomic mass is 15.2. The van der Waals surface area contributed by atoms with Gasteiger partial charge in [0.25, 0.3) is 0 Å². The van der Waals surface area contributed by atoms with E-state index < -0.39 is 0 Å². The van der Waals surface area contributed by atoms with Gasteiger partial charge in [-0.25, -0.2) is 10.8 Å². The Hall–Kier alpha value is -1.60. The zero-order valence-corrected chi connectivity index (χ0v) is 10.3. The highest BCUT2D eigenvalue weighted by Crippen LogP contribution is 2.31. The van der Waals surface area contributed by atoms with Gasteiger partial charge in [-0.1, -0.05) is 13.8 Å². The maximum Gasteiger partial charge on any atom is 0.158 e. The molecule has 17 heavy (non-hydrogen) atoms. The molecule has 3 N–H and O–H groups in total. The van der Waals surface area contributed by atoms with Gasteiger partial charge in [-0.3, -0.25) is 0 Å². The van der Waals surface area contributed by atoms with Crippen LogP contribution < -0.4 is 11.3 Å². The van der Waals surface area contributed by atoms with Gasteiger partial charge in [-0.2, -0.15) is 5.26 Å². The van der Waals surface area contributed by atoms with Gasteiger partial charge < -0.3 is 5.43 Å². The number of nitrogen functional groups attached to an aromatic ring is 1. The molecule has 4 heteroatoms. The summed E-state index contributed by atoms with van der Waals surface area (Å²) in [5.74, 6) is 7.25. The predicted octanol–water partition coefficient (Wildman–Crippen LogP) is 2.00. The van der Waals surface area contributed by atoms with Gasteiger partial charge in [-0.05, 0) is 42.7 Å². The molecule has 0 fully saturated rings. The zero-order chi connectivity index (χ0) is 12.4. The number of anilines is 1. The number of nitriles is 1. The SMILES string of the molecule is CC(C)C1CCc2nc(NN)c(C#N)cc2C1. The van der Waals surface area contributed by atoms with Crippen molar-refractivity contribution in [3.05, 3.63) is 22.9 Å². The van der Waals surface area contributed by atoms with Gasteiger partial charge in [0.15, 0.2) is 5.82 Å². The molecule has 1 aromatic rings. The fourth-order valence-corrected chi connectivity index (χ4v) is 2.46. The molecule has 0 saturated heterocycles. The minimum Gasteiger partial charge on any atom is -0.307 e. The first kappa shape index (κ1) is 11.9. The van der Waals surface area contributed by atoms with E-state index in [1.54, 1.807) is 0 Å². The highest BCUT2D eigenvalue weighted by molar-refractivity contribution is 5.54. The van der Waals surface area contributed by atoms with Gasteiger partial charge >= 0.3 is 0 Å². The molecule has 0 aromatic carbocycles. The third-order valence-corrected chi connectivity index (χ3v) is 3.63. The molecule has 90 valence electrons. The first-order valence-electron chi connectivity index (χ1n) is 6.05. The largest absolute Gasteiger partial charge is 0.307 e. The summed E-state index contributed by atoms with van der Waals surface area (Å²) in [5, 5.41) is 9.04. The highest BCUT2D eigenvalue weighted by Gasteiger charge is 2.23. The third kappa shape index (κ3) is 2.25. The lowest BCUT2D eigenvalue weighted by atomic mass is 9.80. The summed E-state index contributed by atoms with van der Waals surface area (Å²) in [6.45, 7) is 4.51. The van der Waals surface area contributed by atoms with Crippen LogP contribution in [-0.2, 0) is 12.8 Å². The van der Waals surface area contributed by atoms with Gasteiger partial charge in [0.1, 0.15) is 6.07 Å². The number of fused-ring (bicyclic) bond motifs is 1. The molecule has 1 heterocycles. The second kappa shape index (κ2) is 4.72. The van der Waals surface area contributed by atoms with Crippen LogP contribution in [0.1, 0.15) is 37.1 Å². The van der Waals surface area contributed by atoms with Crippen molar-refractivity contribution >= 4 is 5.82 Å². The molecule has 0 spiro atoms. The minimum absolute atomic E-state index is 0.495. The van der Waals surface area contributed by atoms with Crippen LogP contribution in [0.3, 0.4) is 0 Å². The number of aryl methyl sites for hydroxylation is 1. The van der Waals surface area contributed by atoms with Crippen LogP contribution in [0.25, 0.3) is 0 Å². The number of nitrogens with two attached hydrogens (primary N) is 1. The van der Waals surface area contributed by atoms with E-state index in [1.807, 2.05) is 6.07 Å². The van der Waals surface area contributed by atoms with Crippen molar-refractivity contribution in [3.63, 3.8) is 0 Å². The number of nitrogens with one attached hydrogen (secondary N) is 1. The van der Waals surface area contributed by atoms with E-state index in [-0.39, 0.29) is 0 Å². The first-order chi connectivity index (χ1) is 8.15. The summed E-state index contributed by atoms with van der Waals surface area (Å²) in [6, 6.07) is 4.07. The monoisotopic (exact) mass is 230 g/mol. The average molecular weight is 230 g/mol. The summed E-state index contributed by atoms with van der Waals surface area (Å²) in [4.78, 5) is 4.44. The molecule has 4 nitrogen and oxygen atoms in total. The molecule has 0 amide bonds. The molecule has 0 aliphatic heterocycles. The molecule has 0 saturated carbocycles. The normalized spacial score (nSPS) is 18.6. The number of nitrogens with zero attached hydrogens (tertiary/aromatic N) is 2. The number of rotatable bonds is 2. The van der Waals surface area contributed by atoms with E-state index in [9.17, 15) is 0 Å². The molecular weight excluding hydrogens is 212 g/mol. The molecule has 1 unspecified atom stereocenters.